The summed E-state index contributed by atoms with van der Waals surface area (Å²) < 4.78 is 5.17. The molecule has 2 saturated heterocycles. The van der Waals surface area contributed by atoms with Gasteiger partial charge in [-0.1, -0.05) is 0 Å². The molecule has 2 saturated carbocycles. The summed E-state index contributed by atoms with van der Waals surface area (Å²) in [5.41, 5.74) is 0.0300. The van der Waals surface area contributed by atoms with Crippen LogP contribution in [0.4, 0.5) is 0 Å². The molecule has 0 aromatic carbocycles. The van der Waals surface area contributed by atoms with Crippen molar-refractivity contribution in [2.75, 3.05) is 4.43 Å². The van der Waals surface area contributed by atoms with Crippen molar-refractivity contribution in [3.8, 4) is 6.07 Å². The number of halogens is 1. The number of hydrogen-bond acceptors (Lipinski definition) is 3. The fraction of sp³-hybridized carbons (Fsp3) is 0.857. The number of aliphatic hydroxyl groups is 1. The molecule has 4 aliphatic rings. The molecule has 0 bridgehead atoms. The maximum absolute atomic E-state index is 11.7. The summed E-state index contributed by atoms with van der Waals surface area (Å²) in [4.78, 5) is 0. The summed E-state index contributed by atoms with van der Waals surface area (Å²) in [7, 11) is 0. The minimum atomic E-state index is -1.03. The molecule has 9 atom stereocenters. The molecule has 2 aliphatic heterocycles. The molecule has 8 unspecified atom stereocenters. The van der Waals surface area contributed by atoms with Gasteiger partial charge in [0.1, 0.15) is 0 Å². The van der Waals surface area contributed by atoms with Gasteiger partial charge in [-0.05, 0) is 0 Å². The summed E-state index contributed by atoms with van der Waals surface area (Å²) in [6, 6.07) is 2.16. The number of nitriles is 1. The summed E-state index contributed by atoms with van der Waals surface area (Å²) in [5.74, 6) is 3.94. The number of rotatable bonds is 4. The van der Waals surface area contributed by atoms with Gasteiger partial charge in [0.15, 0.2) is 0 Å². The summed E-state index contributed by atoms with van der Waals surface area (Å²) >= 11 is -1.03. The summed E-state index contributed by atoms with van der Waals surface area (Å²) in [6.07, 6.45) is 14.4. The van der Waals surface area contributed by atoms with Crippen LogP contribution in [0.3, 0.4) is 0 Å². The van der Waals surface area contributed by atoms with Crippen molar-refractivity contribution in [3.63, 3.8) is 0 Å². The van der Waals surface area contributed by atoms with Crippen LogP contribution in [0.2, 0.25) is 0 Å². The van der Waals surface area contributed by atoms with Crippen molar-refractivity contribution in [2.45, 2.75) is 105 Å². The van der Waals surface area contributed by atoms with Gasteiger partial charge in [-0.15, -0.1) is 0 Å². The van der Waals surface area contributed by atoms with Crippen LogP contribution in [0, 0.1) is 46.3 Å². The Kier molecular flexibility index (Phi) is 6.21. The Morgan fingerprint density at radius 3 is 2.76 bits per heavy atom. The fourth-order valence-corrected chi connectivity index (χ4v) is 20.7. The quantitative estimate of drug-likeness (QED) is 0.338. The van der Waals surface area contributed by atoms with Gasteiger partial charge in [0.25, 0.3) is 0 Å². The van der Waals surface area contributed by atoms with E-state index in [1.165, 1.54) is 44.9 Å². The first-order valence-electron chi connectivity index (χ1n) is 13.4. The number of aromatic nitrogens is 2. The van der Waals surface area contributed by atoms with Crippen molar-refractivity contribution >= 4 is 19.8 Å². The first-order chi connectivity index (χ1) is 15.6. The van der Waals surface area contributed by atoms with E-state index >= 15 is 0 Å². The Morgan fingerprint density at radius 1 is 1.27 bits per heavy atom. The molecule has 1 aromatic heterocycles. The average Bonchev–Trinajstić information content (AvgIpc) is 3.36. The molecule has 2 aliphatic carbocycles. The van der Waals surface area contributed by atoms with Gasteiger partial charge < -0.3 is 0 Å². The van der Waals surface area contributed by atoms with E-state index < -0.39 is 25.4 Å². The van der Waals surface area contributed by atoms with Crippen LogP contribution in [-0.2, 0) is 6.54 Å². The Morgan fingerprint density at radius 2 is 2.06 bits per heavy atom. The zero-order chi connectivity index (χ0) is 23.6. The van der Waals surface area contributed by atoms with Crippen molar-refractivity contribution < 1.29 is 5.11 Å². The van der Waals surface area contributed by atoms with Crippen LogP contribution < -0.4 is 0 Å². The van der Waals surface area contributed by atoms with Crippen LogP contribution in [0.15, 0.2) is 12.4 Å². The predicted octanol–water partition coefficient (Wildman–Crippen LogP) is 6.44. The van der Waals surface area contributed by atoms with Crippen LogP contribution in [0.25, 0.3) is 0 Å². The fourth-order valence-electron chi connectivity index (χ4n) is 9.06. The van der Waals surface area contributed by atoms with Crippen LogP contribution >= 0.6 is 19.8 Å². The number of nitrogens with zero attached hydrogens (tertiary/aromatic N) is 3. The van der Waals surface area contributed by atoms with Crippen LogP contribution in [0.5, 0.6) is 0 Å². The molecule has 0 spiro atoms. The molecule has 4 fully saturated rings. The molecule has 5 rings (SSSR count). The summed E-state index contributed by atoms with van der Waals surface area (Å²) in [6.45, 7) is 12.7. The van der Waals surface area contributed by atoms with Crippen molar-refractivity contribution in [3.05, 3.63) is 18.0 Å². The molecule has 0 amide bonds. The van der Waals surface area contributed by atoms with Gasteiger partial charge >= 0.3 is 209 Å². The van der Waals surface area contributed by atoms with E-state index in [1.54, 1.807) is 21.5 Å². The number of hydrogen-bond donors (Lipinski definition) is 1. The number of alkyl halides is 3. The molecule has 33 heavy (non-hydrogen) atoms. The van der Waals surface area contributed by atoms with Gasteiger partial charge in [0, 0.05) is 0 Å². The predicted molar refractivity (Wildman–Crippen MR) is 142 cm³/mol. The average molecular weight is 566 g/mol. The van der Waals surface area contributed by atoms with Crippen LogP contribution in [0.1, 0.15) is 91.5 Å². The van der Waals surface area contributed by atoms with Crippen molar-refractivity contribution in [1.82, 2.24) is 9.78 Å². The van der Waals surface area contributed by atoms with Gasteiger partial charge in [0.2, 0.25) is 0 Å². The molecule has 184 valence electrons. The monoisotopic (exact) mass is 565 g/mol. The third-order valence-corrected chi connectivity index (χ3v) is 20.6. The van der Waals surface area contributed by atoms with E-state index in [4.69, 9.17) is 5.26 Å². The third-order valence-electron chi connectivity index (χ3n) is 10.7. The Bertz CT molecular complexity index is 920. The molecule has 1 N–H and O–H groups in total. The van der Waals surface area contributed by atoms with E-state index in [-0.39, 0.29) is 5.41 Å². The SMILES string of the molecule is CCC1CI2C3CCC4(C)C(CCC4[C@@](C)(O)Cn4cc(C#N)cn4)C3CCC2(C)CC1C. The zero-order valence-corrected chi connectivity index (χ0v) is 23.5. The van der Waals surface area contributed by atoms with Gasteiger partial charge in [-0.25, -0.2) is 0 Å². The molecular weight excluding hydrogens is 521 g/mol. The Hall–Kier alpha value is -0.610. The molecule has 1 aromatic rings. The second-order valence-electron chi connectivity index (χ2n) is 12.7. The van der Waals surface area contributed by atoms with E-state index in [0.717, 1.165) is 34.0 Å². The van der Waals surface area contributed by atoms with Gasteiger partial charge in [-0.2, -0.15) is 0 Å². The summed E-state index contributed by atoms with van der Waals surface area (Å²) in [5, 5.41) is 25.2. The number of fused-ring (bicyclic) bond motifs is 5. The molecule has 0 radical (unpaired) electrons. The normalized spacial score (nSPS) is 45.4. The first kappa shape index (κ1) is 24.1. The van der Waals surface area contributed by atoms with Crippen molar-refractivity contribution in [2.24, 2.45) is 35.0 Å². The molecule has 4 nitrogen and oxygen atoms in total. The van der Waals surface area contributed by atoms with E-state index in [0.29, 0.717) is 21.4 Å². The van der Waals surface area contributed by atoms with E-state index in [1.807, 2.05) is 6.92 Å². The first-order valence-corrected chi connectivity index (χ1v) is 17.3. The standard InChI is InChI=1S/C28H44IN3O/c1-6-21-14-29-24-10-12-27(4)23(22(24)9-11-26(29,3)13-19(21)2)7-8-25(27)28(5,33)18-32-17-20(15-30)16-31-32/h16-17,19,21-25,33H,6-14,18H2,1-5H3/t19?,21?,22?,23?,24?,25?,26?,27?,28-/m0/s1. The maximum atomic E-state index is 11.7. The van der Waals surface area contributed by atoms with Crippen molar-refractivity contribution in [1.29, 1.82) is 5.26 Å². The Balaban J connectivity index is 1.36. The van der Waals surface area contributed by atoms with Gasteiger partial charge in [-0.3, -0.25) is 0 Å². The topological polar surface area (TPSA) is 61.8 Å². The van der Waals surface area contributed by atoms with Gasteiger partial charge in [0.05, 0.1) is 0 Å². The molecular formula is C28H44IN3O. The van der Waals surface area contributed by atoms with Crippen LogP contribution in [-0.4, -0.2) is 32.3 Å². The van der Waals surface area contributed by atoms with E-state index in [2.05, 4.69) is 38.9 Å². The van der Waals surface area contributed by atoms with E-state index in [9.17, 15) is 5.11 Å². The third kappa shape index (κ3) is 3.90. The Labute approximate surface area is 208 Å². The minimum absolute atomic E-state index is 0.243. The zero-order valence-electron chi connectivity index (χ0n) is 21.4. The second-order valence-corrected chi connectivity index (χ2v) is 20.1. The molecule has 5 heteroatoms. The second kappa shape index (κ2) is 8.50. The molecule has 3 heterocycles.